The van der Waals surface area contributed by atoms with Gasteiger partial charge in [0.05, 0.1) is 0 Å². The summed E-state index contributed by atoms with van der Waals surface area (Å²) in [6.45, 7) is 0. The average Bonchev–Trinajstić information content (AvgIpc) is 0. The van der Waals surface area contributed by atoms with Crippen LogP contribution < -0.4 is 0 Å². The zero-order chi connectivity index (χ0) is 0. The zero-order valence-corrected chi connectivity index (χ0v) is 7.76. The van der Waals surface area contributed by atoms with Gasteiger partial charge in [0.15, 0.2) is 0 Å². The van der Waals surface area contributed by atoms with Gasteiger partial charge in [-0.15, -0.1) is 0 Å². The second-order valence-corrected chi connectivity index (χ2v) is 0. The molecule has 0 aromatic rings. The molecule has 0 rings (SSSR count). The van der Waals surface area contributed by atoms with Crippen molar-refractivity contribution in [1.29, 1.82) is 0 Å². The fourth-order valence-electron chi connectivity index (χ4n) is 0. The first-order valence-corrected chi connectivity index (χ1v) is 0. The number of hydrogen-bond acceptors (Lipinski definition) is 0. The van der Waals surface area contributed by atoms with Gasteiger partial charge in [0.2, 0.25) is 0 Å². The van der Waals surface area contributed by atoms with Gasteiger partial charge >= 0.3 is 0 Å². The average molecular weight is 287 g/mol. The molecule has 0 unspecified atom stereocenters. The van der Waals surface area contributed by atoms with Crippen molar-refractivity contribution < 1.29 is 45.1 Å². The Kier molecular flexibility index (Phi) is 181. The van der Waals surface area contributed by atoms with Crippen molar-refractivity contribution in [1.82, 2.24) is 0 Å². The third-order valence-corrected chi connectivity index (χ3v) is 0. The van der Waals surface area contributed by atoms with Crippen LogP contribution in [0.2, 0.25) is 0 Å². The van der Waals surface area contributed by atoms with E-state index in [4.69, 9.17) is 0 Å². The molecule has 0 atom stereocenters. The molecule has 4 heteroatoms. The van der Waals surface area contributed by atoms with Gasteiger partial charge in [0.25, 0.3) is 0 Å². The van der Waals surface area contributed by atoms with E-state index in [0.717, 1.165) is 0 Å². The molecule has 0 fully saturated rings. The standard InChI is InChI=1S/Mo.H2O.Sb.V/h;1H2;;. The SMILES string of the molecule is O.[Mo].[Sb].[V]. The van der Waals surface area contributed by atoms with Crippen LogP contribution in [0.3, 0.4) is 0 Å². The zero-order valence-electron chi connectivity index (χ0n) is 1.80. The van der Waals surface area contributed by atoms with E-state index in [1.807, 2.05) is 0 Å². The maximum atomic E-state index is 0. The molecule has 1 nitrogen and oxygen atoms in total. The quantitative estimate of drug-likeness (QED) is 0.501. The summed E-state index contributed by atoms with van der Waals surface area (Å²) in [6.07, 6.45) is 0. The molecule has 0 saturated heterocycles. The van der Waals surface area contributed by atoms with Crippen molar-refractivity contribution in [3.63, 3.8) is 0 Å². The third-order valence-electron chi connectivity index (χ3n) is 0. The molecule has 0 amide bonds. The Labute approximate surface area is 68.8 Å². The molecule has 0 aliphatic heterocycles. The van der Waals surface area contributed by atoms with Gasteiger partial charge in [-0.1, -0.05) is 0 Å². The molecule has 4 heavy (non-hydrogen) atoms. The largest absolute Gasteiger partial charge is 0.412 e. The molecule has 0 aliphatic carbocycles. The molecule has 2 N–H and O–H groups in total. The van der Waals surface area contributed by atoms with Crippen molar-refractivity contribution in [2.75, 3.05) is 0 Å². The minimum atomic E-state index is 0. The minimum Gasteiger partial charge on any atom is -0.412 e. The predicted molar refractivity (Wildman–Crippen MR) is 9.37 cm³/mol. The Morgan fingerprint density at radius 2 is 1.00 bits per heavy atom. The molecule has 0 heterocycles. The summed E-state index contributed by atoms with van der Waals surface area (Å²) in [4.78, 5) is 0. The van der Waals surface area contributed by atoms with E-state index < -0.39 is 0 Å². The molecule has 0 spiro atoms. The van der Waals surface area contributed by atoms with Crippen molar-refractivity contribution in [3.05, 3.63) is 0 Å². The van der Waals surface area contributed by atoms with E-state index in [1.165, 1.54) is 0 Å². The first-order chi connectivity index (χ1) is 0. The molecule has 0 aromatic carbocycles. The Hall–Kier alpha value is 2.05. The summed E-state index contributed by atoms with van der Waals surface area (Å²) in [6, 6.07) is 0. The van der Waals surface area contributed by atoms with Crippen LogP contribution in [0.15, 0.2) is 0 Å². The van der Waals surface area contributed by atoms with E-state index in [-0.39, 0.29) is 69.5 Å². The first kappa shape index (κ1) is 36.7. The van der Waals surface area contributed by atoms with Gasteiger partial charge < -0.3 is 5.48 Å². The Bertz CT molecular complexity index is 8.00. The van der Waals surface area contributed by atoms with E-state index >= 15 is 0 Å². The second kappa shape index (κ2) is 19.7. The van der Waals surface area contributed by atoms with Gasteiger partial charge in [0, 0.05) is 64.0 Å². The van der Waals surface area contributed by atoms with Gasteiger partial charge in [-0.25, -0.2) is 0 Å². The summed E-state index contributed by atoms with van der Waals surface area (Å²) in [5.74, 6) is 0. The minimum absolute atomic E-state index is 0. The van der Waals surface area contributed by atoms with Crippen molar-refractivity contribution in [2.45, 2.75) is 0 Å². The molecule has 4 radical (unpaired) electrons. The van der Waals surface area contributed by atoms with Crippen LogP contribution in [-0.2, 0) is 39.6 Å². The maximum Gasteiger partial charge on any atom is 0 e. The summed E-state index contributed by atoms with van der Waals surface area (Å²) in [5, 5.41) is 0. The maximum absolute atomic E-state index is 0. The van der Waals surface area contributed by atoms with Crippen LogP contribution in [0.4, 0.5) is 0 Å². The van der Waals surface area contributed by atoms with Crippen LogP contribution >= 0.6 is 0 Å². The molecular weight excluding hydrogens is 285 g/mol. The number of hydrogen-bond donors (Lipinski definition) is 0. The van der Waals surface area contributed by atoms with Crippen LogP contribution in [0.25, 0.3) is 0 Å². The molecule has 0 bridgehead atoms. The van der Waals surface area contributed by atoms with Crippen LogP contribution in [0.1, 0.15) is 0 Å². The fourth-order valence-corrected chi connectivity index (χ4v) is 0. The predicted octanol–water partition coefficient (Wildman–Crippen LogP) is -1.21. The first-order valence-electron chi connectivity index (χ1n) is 0. The van der Waals surface area contributed by atoms with E-state index in [9.17, 15) is 0 Å². The van der Waals surface area contributed by atoms with Gasteiger partial charge in [-0.05, 0) is 0 Å². The molecule has 0 aliphatic rings. The fraction of sp³-hybridized carbons (Fsp3) is 0. The molecule has 0 saturated carbocycles. The smallest absolute Gasteiger partial charge is 0 e. The van der Waals surface area contributed by atoms with Gasteiger partial charge in [-0.2, -0.15) is 0 Å². The van der Waals surface area contributed by atoms with Crippen molar-refractivity contribution >= 4 is 24.4 Å². The molecular formula is H2MoOSbV. The van der Waals surface area contributed by atoms with E-state index in [2.05, 4.69) is 0 Å². The van der Waals surface area contributed by atoms with Gasteiger partial charge in [-0.3, -0.25) is 0 Å². The van der Waals surface area contributed by atoms with E-state index in [1.54, 1.807) is 0 Å². The summed E-state index contributed by atoms with van der Waals surface area (Å²) >= 11 is 0. The molecule has 0 aromatic heterocycles. The van der Waals surface area contributed by atoms with Crippen LogP contribution in [-0.4, -0.2) is 29.9 Å². The Morgan fingerprint density at radius 1 is 1.00 bits per heavy atom. The Balaban J connectivity index is 0. The summed E-state index contributed by atoms with van der Waals surface area (Å²) in [7, 11) is 0. The number of rotatable bonds is 0. The van der Waals surface area contributed by atoms with Crippen LogP contribution in [0, 0.1) is 0 Å². The van der Waals surface area contributed by atoms with Gasteiger partial charge in [0.1, 0.15) is 0 Å². The van der Waals surface area contributed by atoms with Crippen molar-refractivity contribution in [3.8, 4) is 0 Å². The van der Waals surface area contributed by atoms with Crippen LogP contribution in [0.5, 0.6) is 0 Å². The third kappa shape index (κ3) is 8.96. The monoisotopic (exact) mass is 288 g/mol. The summed E-state index contributed by atoms with van der Waals surface area (Å²) in [5.41, 5.74) is 0. The van der Waals surface area contributed by atoms with Crippen molar-refractivity contribution in [2.24, 2.45) is 0 Å². The van der Waals surface area contributed by atoms with E-state index in [0.29, 0.717) is 0 Å². The second-order valence-electron chi connectivity index (χ2n) is 0. The normalized spacial score (nSPS) is 0. The topological polar surface area (TPSA) is 31.5 Å². The Morgan fingerprint density at radius 3 is 1.00 bits per heavy atom. The molecule has 24 valence electrons. The summed E-state index contributed by atoms with van der Waals surface area (Å²) < 4.78 is 0.